The zero-order valence-electron chi connectivity index (χ0n) is 20.5. The van der Waals surface area contributed by atoms with Crippen LogP contribution in [0.3, 0.4) is 0 Å². The topological polar surface area (TPSA) is 83.4 Å². The van der Waals surface area contributed by atoms with E-state index in [1.165, 1.54) is 6.33 Å². The van der Waals surface area contributed by atoms with Gasteiger partial charge in [0.05, 0.1) is 18.4 Å². The van der Waals surface area contributed by atoms with Gasteiger partial charge in [-0.2, -0.15) is 0 Å². The monoisotopic (exact) mass is 489 g/mol. The van der Waals surface area contributed by atoms with Gasteiger partial charge in [0.25, 0.3) is 0 Å². The van der Waals surface area contributed by atoms with E-state index in [0.717, 1.165) is 27.8 Å². The van der Waals surface area contributed by atoms with Crippen molar-refractivity contribution in [2.24, 2.45) is 0 Å². The molecule has 0 spiro atoms. The van der Waals surface area contributed by atoms with Gasteiger partial charge in [0.15, 0.2) is 11.5 Å². The van der Waals surface area contributed by atoms with Gasteiger partial charge in [0.2, 0.25) is 0 Å². The fourth-order valence-electron chi connectivity index (χ4n) is 5.20. The lowest BCUT2D eigenvalue weighted by Gasteiger charge is -2.36. The molecule has 5 aromatic rings. The molecule has 0 bridgehead atoms. The highest BCUT2D eigenvalue weighted by atomic mass is 16.6. The average Bonchev–Trinajstić information content (AvgIpc) is 3.48. The minimum Gasteiger partial charge on any atom is -0.437 e. The van der Waals surface area contributed by atoms with Crippen molar-refractivity contribution in [2.75, 3.05) is 12.3 Å². The van der Waals surface area contributed by atoms with Gasteiger partial charge < -0.3 is 19.6 Å². The van der Waals surface area contributed by atoms with E-state index in [2.05, 4.69) is 52.4 Å². The molecule has 2 atom stereocenters. The number of benzene rings is 3. The van der Waals surface area contributed by atoms with E-state index in [0.29, 0.717) is 23.6 Å². The van der Waals surface area contributed by atoms with Crippen molar-refractivity contribution in [3.8, 4) is 0 Å². The third kappa shape index (κ3) is 4.10. The second-order valence-corrected chi connectivity index (χ2v) is 9.17. The molecule has 2 aromatic heterocycles. The Morgan fingerprint density at radius 1 is 0.865 bits per heavy atom. The van der Waals surface area contributed by atoms with E-state index in [4.69, 9.17) is 19.6 Å². The van der Waals surface area contributed by atoms with Crippen LogP contribution in [0.5, 0.6) is 0 Å². The summed E-state index contributed by atoms with van der Waals surface area (Å²) in [5, 5.41) is 0. The van der Waals surface area contributed by atoms with Gasteiger partial charge in [0, 0.05) is 0 Å². The Morgan fingerprint density at radius 2 is 1.43 bits per heavy atom. The molecule has 6 rings (SSSR count). The minimum absolute atomic E-state index is 0.285. The smallest absolute Gasteiger partial charge is 0.199 e. The van der Waals surface area contributed by atoms with Gasteiger partial charge in [-0.3, -0.25) is 0 Å². The lowest BCUT2D eigenvalue weighted by molar-refractivity contribution is -0.0548. The lowest BCUT2D eigenvalue weighted by Crippen LogP contribution is -2.35. The molecule has 0 saturated heterocycles. The van der Waals surface area contributed by atoms with Crippen LogP contribution < -0.4 is 5.73 Å². The van der Waals surface area contributed by atoms with Crippen LogP contribution in [-0.2, 0) is 15.1 Å². The number of rotatable bonds is 7. The SMILES string of the molecule is CC1=CC(COC(c2ccccc2)(c2ccccc2)c2ccccc2)O[C@H]1c1c(N)oc2cncnc12. The molecule has 0 radical (unpaired) electrons. The number of aromatic nitrogens is 2. The average molecular weight is 490 g/mol. The highest BCUT2D eigenvalue weighted by molar-refractivity contribution is 5.81. The summed E-state index contributed by atoms with van der Waals surface area (Å²) in [6.45, 7) is 2.36. The fraction of sp³-hybridized carbons (Fsp3) is 0.161. The van der Waals surface area contributed by atoms with Crippen molar-refractivity contribution < 1.29 is 13.9 Å². The second-order valence-electron chi connectivity index (χ2n) is 9.17. The molecule has 6 heteroatoms. The van der Waals surface area contributed by atoms with Gasteiger partial charge >= 0.3 is 0 Å². The van der Waals surface area contributed by atoms with Crippen LogP contribution in [0.1, 0.15) is 35.3 Å². The summed E-state index contributed by atoms with van der Waals surface area (Å²) < 4.78 is 19.1. The van der Waals surface area contributed by atoms with Crippen LogP contribution in [0.25, 0.3) is 11.1 Å². The molecule has 1 aliphatic heterocycles. The lowest BCUT2D eigenvalue weighted by atomic mass is 9.80. The Hall–Kier alpha value is -4.26. The predicted molar refractivity (Wildman–Crippen MR) is 143 cm³/mol. The zero-order valence-corrected chi connectivity index (χ0v) is 20.5. The van der Waals surface area contributed by atoms with E-state index in [1.807, 2.05) is 61.5 Å². The van der Waals surface area contributed by atoms with E-state index < -0.39 is 5.60 Å². The molecule has 1 aliphatic rings. The normalized spacial score (nSPS) is 17.7. The summed E-state index contributed by atoms with van der Waals surface area (Å²) >= 11 is 0. The highest BCUT2D eigenvalue weighted by Gasteiger charge is 2.39. The number of nitrogen functional groups attached to an aromatic ring is 1. The largest absolute Gasteiger partial charge is 0.437 e. The molecule has 2 N–H and O–H groups in total. The van der Waals surface area contributed by atoms with Crippen molar-refractivity contribution in [3.05, 3.63) is 137 Å². The second kappa shape index (κ2) is 9.65. The van der Waals surface area contributed by atoms with E-state index in [1.54, 1.807) is 6.20 Å². The fourth-order valence-corrected chi connectivity index (χ4v) is 5.20. The molecule has 3 heterocycles. The van der Waals surface area contributed by atoms with E-state index in [9.17, 15) is 0 Å². The molecular formula is C31H27N3O3. The van der Waals surface area contributed by atoms with Crippen LogP contribution in [0.15, 0.2) is 120 Å². The quantitative estimate of drug-likeness (QED) is 0.216. The number of nitrogens with zero attached hydrogens (tertiary/aromatic N) is 2. The van der Waals surface area contributed by atoms with E-state index >= 15 is 0 Å². The van der Waals surface area contributed by atoms with E-state index in [-0.39, 0.29) is 12.2 Å². The molecule has 37 heavy (non-hydrogen) atoms. The Labute approximate surface area is 215 Å². The molecular weight excluding hydrogens is 462 g/mol. The summed E-state index contributed by atoms with van der Waals surface area (Å²) in [6.07, 6.45) is 4.54. The maximum Gasteiger partial charge on any atom is 0.199 e. The summed E-state index contributed by atoms with van der Waals surface area (Å²) in [5.74, 6) is 0.294. The summed E-state index contributed by atoms with van der Waals surface area (Å²) in [7, 11) is 0. The Kier molecular flexibility index (Phi) is 6.04. The third-order valence-corrected chi connectivity index (χ3v) is 6.86. The summed E-state index contributed by atoms with van der Waals surface area (Å²) in [4.78, 5) is 8.42. The molecule has 6 nitrogen and oxygen atoms in total. The molecule has 0 saturated carbocycles. The number of nitrogens with two attached hydrogens (primary N) is 1. The summed E-state index contributed by atoms with van der Waals surface area (Å²) in [5.41, 5.74) is 11.5. The van der Waals surface area contributed by atoms with Crippen molar-refractivity contribution in [3.63, 3.8) is 0 Å². The van der Waals surface area contributed by atoms with Gasteiger partial charge in [-0.05, 0) is 29.2 Å². The van der Waals surface area contributed by atoms with Crippen molar-refractivity contribution in [2.45, 2.75) is 24.7 Å². The van der Waals surface area contributed by atoms with Gasteiger partial charge in [0.1, 0.15) is 29.7 Å². The van der Waals surface area contributed by atoms with Gasteiger partial charge in [-0.15, -0.1) is 0 Å². The highest BCUT2D eigenvalue weighted by Crippen LogP contribution is 2.43. The van der Waals surface area contributed by atoms with Crippen molar-refractivity contribution in [1.29, 1.82) is 0 Å². The molecule has 0 aliphatic carbocycles. The molecule has 0 fully saturated rings. The first kappa shape index (κ1) is 23.2. The van der Waals surface area contributed by atoms with Gasteiger partial charge in [-0.25, -0.2) is 9.97 Å². The molecule has 3 aromatic carbocycles. The van der Waals surface area contributed by atoms with Crippen molar-refractivity contribution in [1.82, 2.24) is 9.97 Å². The van der Waals surface area contributed by atoms with Crippen LogP contribution in [0.4, 0.5) is 5.88 Å². The number of furan rings is 1. The zero-order chi connectivity index (χ0) is 25.2. The first-order valence-corrected chi connectivity index (χ1v) is 12.3. The van der Waals surface area contributed by atoms with Crippen LogP contribution in [0, 0.1) is 0 Å². The van der Waals surface area contributed by atoms with Crippen molar-refractivity contribution >= 4 is 17.0 Å². The van der Waals surface area contributed by atoms with Gasteiger partial charge in [-0.1, -0.05) is 97.1 Å². The first-order valence-electron chi connectivity index (χ1n) is 12.3. The minimum atomic E-state index is -0.818. The maximum atomic E-state index is 6.95. The number of ether oxygens (including phenoxy) is 2. The third-order valence-electron chi connectivity index (χ3n) is 6.86. The van der Waals surface area contributed by atoms with Crippen LogP contribution in [-0.4, -0.2) is 22.7 Å². The molecule has 1 unspecified atom stereocenters. The molecule has 184 valence electrons. The van der Waals surface area contributed by atoms with Crippen LogP contribution >= 0.6 is 0 Å². The number of hydrogen-bond acceptors (Lipinski definition) is 6. The Morgan fingerprint density at radius 3 is 2.00 bits per heavy atom. The van der Waals surface area contributed by atoms with Crippen LogP contribution in [0.2, 0.25) is 0 Å². The Bertz CT molecular complexity index is 1440. The standard InChI is InChI=1S/C31H27N3O3/c1-21-17-25(36-29(21)27-28-26(37-30(27)32)18-33-20-34-28)19-35-31(22-11-5-2-6-12-22,23-13-7-3-8-14-23)24-15-9-4-10-16-24/h2-18,20,25,29H,19,32H2,1H3/t25?,29-/m1/s1. The maximum absolute atomic E-state index is 6.95. The number of anilines is 1. The first-order chi connectivity index (χ1) is 18.2. The molecule has 0 amide bonds. The predicted octanol–water partition coefficient (Wildman–Crippen LogP) is 6.20. The number of hydrogen-bond donors (Lipinski definition) is 1. The summed E-state index contributed by atoms with van der Waals surface area (Å²) in [6, 6.07) is 31.0. The Balaban J connectivity index is 1.36. The number of fused-ring (bicyclic) bond motifs is 1.